The molecule has 0 aromatic heterocycles. The number of carbonyl (C=O) groups is 2. The van der Waals surface area contributed by atoms with Gasteiger partial charge in [-0.15, -0.1) is 0 Å². The molecule has 0 spiro atoms. The number of hydrogen-bond donors (Lipinski definition) is 2. The van der Waals surface area contributed by atoms with Gasteiger partial charge in [0.05, 0.1) is 17.1 Å². The van der Waals surface area contributed by atoms with Crippen molar-refractivity contribution in [1.82, 2.24) is 5.32 Å². The van der Waals surface area contributed by atoms with Crippen LogP contribution in [0.15, 0.2) is 37.7 Å². The average molecular weight is 557 g/mol. The molecule has 2 atom stereocenters. The second-order valence-electron chi connectivity index (χ2n) is 7.98. The highest BCUT2D eigenvalue weighted by molar-refractivity contribution is 9.11. The van der Waals surface area contributed by atoms with E-state index in [2.05, 4.69) is 42.5 Å². The predicted octanol–water partition coefficient (Wildman–Crippen LogP) is 6.25. The van der Waals surface area contributed by atoms with Crippen LogP contribution in [0.25, 0.3) is 0 Å². The maximum Gasteiger partial charge on any atom is 0.411 e. The van der Waals surface area contributed by atoms with Gasteiger partial charge in [-0.05, 0) is 65.4 Å². The van der Waals surface area contributed by atoms with E-state index in [-0.39, 0.29) is 34.3 Å². The number of rotatable bonds is 6. The lowest BCUT2D eigenvalue weighted by atomic mass is 10.1. The van der Waals surface area contributed by atoms with Gasteiger partial charge in [0.15, 0.2) is 0 Å². The second kappa shape index (κ2) is 8.94. The first-order valence-electron chi connectivity index (χ1n) is 8.57. The van der Waals surface area contributed by atoms with E-state index in [1.54, 1.807) is 32.1 Å². The third kappa shape index (κ3) is 6.12. The maximum atomic E-state index is 12.6. The molecule has 2 N–H and O–H groups in total. The van der Waals surface area contributed by atoms with E-state index in [1.165, 1.54) is 0 Å². The van der Waals surface area contributed by atoms with Gasteiger partial charge in [-0.25, -0.2) is 4.79 Å². The molecule has 1 aromatic carbocycles. The van der Waals surface area contributed by atoms with Gasteiger partial charge < -0.3 is 10.1 Å². The normalized spacial score (nSPS) is 20.1. The summed E-state index contributed by atoms with van der Waals surface area (Å²) >= 11 is 18.2. The topological polar surface area (TPSA) is 67.4 Å². The molecule has 0 heterocycles. The van der Waals surface area contributed by atoms with E-state index in [0.717, 1.165) is 8.95 Å². The van der Waals surface area contributed by atoms with Crippen molar-refractivity contribution in [1.29, 1.82) is 0 Å². The van der Waals surface area contributed by atoms with Gasteiger partial charge in [-0.3, -0.25) is 10.1 Å². The van der Waals surface area contributed by atoms with E-state index in [1.807, 2.05) is 19.9 Å². The van der Waals surface area contributed by atoms with Crippen LogP contribution in [0.1, 0.15) is 27.7 Å². The fourth-order valence-electron chi connectivity index (χ4n) is 3.06. The largest absolute Gasteiger partial charge is 0.447 e. The number of halogens is 4. The molecular weight excluding hydrogens is 535 g/mol. The van der Waals surface area contributed by atoms with Gasteiger partial charge in [-0.1, -0.05) is 53.0 Å². The molecular formula is C19H22Br2Cl2N2O3. The minimum Gasteiger partial charge on any atom is -0.447 e. The van der Waals surface area contributed by atoms with E-state index in [0.29, 0.717) is 5.69 Å². The van der Waals surface area contributed by atoms with Crippen molar-refractivity contribution in [3.05, 3.63) is 37.7 Å². The lowest BCUT2D eigenvalue weighted by Gasteiger charge is -2.26. The quantitative estimate of drug-likeness (QED) is 0.435. The van der Waals surface area contributed by atoms with Crippen LogP contribution in [0.3, 0.4) is 0 Å². The number of allylic oxidation sites excluding steroid dienone is 1. The average Bonchev–Trinajstić information content (AvgIpc) is 3.07. The molecule has 9 heteroatoms. The van der Waals surface area contributed by atoms with Crippen molar-refractivity contribution >= 4 is 72.7 Å². The first kappa shape index (κ1) is 23.5. The summed E-state index contributed by atoms with van der Waals surface area (Å²) in [5.74, 6) is -0.371. The Hall–Kier alpha value is -0.760. The Bertz CT molecular complexity index is 808. The summed E-state index contributed by atoms with van der Waals surface area (Å²) in [7, 11) is 0. The summed E-state index contributed by atoms with van der Waals surface area (Å²) in [5.41, 5.74) is -0.369. The summed E-state index contributed by atoms with van der Waals surface area (Å²) in [4.78, 5) is 24.7. The molecule has 0 bridgehead atoms. The molecule has 1 aromatic rings. The Morgan fingerprint density at radius 3 is 2.50 bits per heavy atom. The fourth-order valence-corrected chi connectivity index (χ4v) is 4.47. The monoisotopic (exact) mass is 554 g/mol. The van der Waals surface area contributed by atoms with Crippen molar-refractivity contribution in [3.63, 3.8) is 0 Å². The molecule has 2 amide bonds. The zero-order valence-corrected chi connectivity index (χ0v) is 20.6. The van der Waals surface area contributed by atoms with Crippen molar-refractivity contribution in [2.75, 3.05) is 11.9 Å². The highest BCUT2D eigenvalue weighted by atomic mass is 79.9. The Morgan fingerprint density at radius 2 is 1.93 bits per heavy atom. The number of amides is 2. The Balaban J connectivity index is 1.89. The SMILES string of the molecule is CC(C)(COC(=O)Nc1ccc(Br)cc1Br)NC(=O)[C@H]1[C@@H](C=C(Cl)Cl)C1(C)C. The van der Waals surface area contributed by atoms with Gasteiger partial charge in [0, 0.05) is 8.95 Å². The van der Waals surface area contributed by atoms with E-state index < -0.39 is 11.6 Å². The summed E-state index contributed by atoms with van der Waals surface area (Å²) < 4.78 is 7.05. The Morgan fingerprint density at radius 1 is 1.29 bits per heavy atom. The van der Waals surface area contributed by atoms with E-state index >= 15 is 0 Å². The highest BCUT2D eigenvalue weighted by Crippen LogP contribution is 2.59. The van der Waals surface area contributed by atoms with E-state index in [9.17, 15) is 9.59 Å². The van der Waals surface area contributed by atoms with Crippen molar-refractivity contribution < 1.29 is 14.3 Å². The molecule has 1 saturated carbocycles. The molecule has 154 valence electrons. The van der Waals surface area contributed by atoms with E-state index in [4.69, 9.17) is 27.9 Å². The smallest absolute Gasteiger partial charge is 0.411 e. The van der Waals surface area contributed by atoms with Crippen molar-refractivity contribution in [3.8, 4) is 0 Å². The second-order valence-corrected chi connectivity index (χ2v) is 10.8. The van der Waals surface area contributed by atoms with Gasteiger partial charge >= 0.3 is 6.09 Å². The predicted molar refractivity (Wildman–Crippen MR) is 120 cm³/mol. The Kier molecular flexibility index (Phi) is 7.51. The summed E-state index contributed by atoms with van der Waals surface area (Å²) in [6.07, 6.45) is 1.09. The molecule has 5 nitrogen and oxygen atoms in total. The maximum absolute atomic E-state index is 12.6. The minimum atomic E-state index is -0.733. The molecule has 2 rings (SSSR count). The standard InChI is InChI=1S/C19H22Br2Cl2N2O3/c1-18(2,25-16(26)15-11(8-14(22)23)19(15,3)4)9-28-17(27)24-13-6-5-10(20)7-12(13)21/h5-8,11,15H,9H2,1-4H3,(H,24,27)(H,25,26)/t11-,15-/m1/s1. The summed E-state index contributed by atoms with van der Waals surface area (Å²) in [5, 5.41) is 5.60. The summed E-state index contributed by atoms with van der Waals surface area (Å²) in [6, 6.07) is 5.36. The molecule has 28 heavy (non-hydrogen) atoms. The lowest BCUT2D eigenvalue weighted by molar-refractivity contribution is -0.125. The van der Waals surface area contributed by atoms with Gasteiger partial charge in [0.25, 0.3) is 0 Å². The van der Waals surface area contributed by atoms with Crippen molar-refractivity contribution in [2.24, 2.45) is 17.3 Å². The fraction of sp³-hybridized carbons (Fsp3) is 0.474. The molecule has 0 unspecified atom stereocenters. The Labute approximate surface area is 191 Å². The first-order valence-corrected chi connectivity index (χ1v) is 10.9. The van der Waals surface area contributed by atoms with Gasteiger partial charge in [0.2, 0.25) is 5.91 Å². The number of ether oxygens (including phenoxy) is 1. The number of benzene rings is 1. The van der Waals surface area contributed by atoms with Crippen molar-refractivity contribution in [2.45, 2.75) is 33.2 Å². The molecule has 1 fully saturated rings. The van der Waals surface area contributed by atoms with Crippen LogP contribution in [0, 0.1) is 17.3 Å². The van der Waals surface area contributed by atoms with Crippen LogP contribution in [0.5, 0.6) is 0 Å². The third-order valence-electron chi connectivity index (χ3n) is 4.69. The molecule has 0 saturated heterocycles. The van der Waals surface area contributed by atoms with Gasteiger partial charge in [0.1, 0.15) is 11.1 Å². The number of anilines is 1. The highest BCUT2D eigenvalue weighted by Gasteiger charge is 2.61. The number of carbonyl (C=O) groups excluding carboxylic acids is 2. The number of hydrogen-bond acceptors (Lipinski definition) is 3. The summed E-state index contributed by atoms with van der Waals surface area (Å²) in [6.45, 7) is 7.58. The molecule has 1 aliphatic carbocycles. The molecule has 0 radical (unpaired) electrons. The zero-order chi connectivity index (χ0) is 21.3. The van der Waals surface area contributed by atoms with Crippen LogP contribution in [-0.2, 0) is 9.53 Å². The molecule has 1 aliphatic rings. The third-order valence-corrected chi connectivity index (χ3v) is 6.09. The van der Waals surface area contributed by atoms with Gasteiger partial charge in [-0.2, -0.15) is 0 Å². The van der Waals surface area contributed by atoms with Crippen LogP contribution < -0.4 is 10.6 Å². The molecule has 0 aliphatic heterocycles. The lowest BCUT2D eigenvalue weighted by Crippen LogP contribution is -2.48. The zero-order valence-electron chi connectivity index (χ0n) is 15.9. The minimum absolute atomic E-state index is 0.0165. The number of nitrogens with one attached hydrogen (secondary N) is 2. The first-order chi connectivity index (χ1) is 12.8. The van der Waals surface area contributed by atoms with Crippen LogP contribution in [0.2, 0.25) is 0 Å². The van der Waals surface area contributed by atoms with Crippen LogP contribution >= 0.6 is 55.1 Å². The van der Waals surface area contributed by atoms with Crippen LogP contribution in [-0.4, -0.2) is 24.1 Å². The van der Waals surface area contributed by atoms with Crippen LogP contribution in [0.4, 0.5) is 10.5 Å².